The molecule has 0 fully saturated rings. The first-order valence-corrected chi connectivity index (χ1v) is 5.13. The molecule has 88 valence electrons. The van der Waals surface area contributed by atoms with Gasteiger partial charge < -0.3 is 15.0 Å². The molecule has 1 aromatic heterocycles. The number of methoxy groups -OCH3 is 1. The Morgan fingerprint density at radius 3 is 2.76 bits per heavy atom. The van der Waals surface area contributed by atoms with Crippen LogP contribution in [0.2, 0.25) is 0 Å². The second kappa shape index (κ2) is 5.27. The van der Waals surface area contributed by atoms with Gasteiger partial charge in [0.05, 0.1) is 0 Å². The van der Waals surface area contributed by atoms with Crippen molar-refractivity contribution in [2.24, 2.45) is 0 Å². The molecule has 0 radical (unpaired) electrons. The van der Waals surface area contributed by atoms with Crippen LogP contribution >= 0.6 is 0 Å². The Kier molecular flexibility index (Phi) is 3.52. The number of hydrogen-bond donors (Lipinski definition) is 1. The first-order valence-electron chi connectivity index (χ1n) is 5.13. The highest BCUT2D eigenvalue weighted by molar-refractivity contribution is 5.66. The SMILES string of the molecule is COCc1noc(/C=C/c2ccc(N)cc2)n1. The molecule has 0 saturated heterocycles. The highest BCUT2D eigenvalue weighted by Gasteiger charge is 2.01. The van der Waals surface area contributed by atoms with Crippen LogP contribution in [-0.2, 0) is 11.3 Å². The van der Waals surface area contributed by atoms with E-state index in [1.165, 1.54) is 0 Å². The number of hydrogen-bond acceptors (Lipinski definition) is 5. The Bertz CT molecular complexity index is 503. The standard InChI is InChI=1S/C12H13N3O2/c1-16-8-11-14-12(17-15-11)7-4-9-2-5-10(13)6-3-9/h2-7H,8,13H2,1H3/b7-4+. The van der Waals surface area contributed by atoms with E-state index in [-0.39, 0.29) is 0 Å². The van der Waals surface area contributed by atoms with Crippen molar-refractivity contribution in [3.63, 3.8) is 0 Å². The third-order valence-electron chi connectivity index (χ3n) is 2.11. The van der Waals surface area contributed by atoms with E-state index >= 15 is 0 Å². The van der Waals surface area contributed by atoms with E-state index in [9.17, 15) is 0 Å². The number of nitrogen functional groups attached to an aromatic ring is 1. The average Bonchev–Trinajstić information content (AvgIpc) is 2.77. The second-order valence-electron chi connectivity index (χ2n) is 3.48. The summed E-state index contributed by atoms with van der Waals surface area (Å²) in [4.78, 5) is 4.12. The number of nitrogens with zero attached hydrogens (tertiary/aromatic N) is 2. The molecule has 0 unspecified atom stereocenters. The van der Waals surface area contributed by atoms with Gasteiger partial charge in [-0.05, 0) is 23.8 Å². The highest BCUT2D eigenvalue weighted by Crippen LogP contribution is 2.09. The van der Waals surface area contributed by atoms with Gasteiger partial charge in [-0.15, -0.1) is 0 Å². The number of aromatic nitrogens is 2. The van der Waals surface area contributed by atoms with Crippen molar-refractivity contribution >= 4 is 17.8 Å². The molecule has 2 rings (SSSR count). The van der Waals surface area contributed by atoms with Gasteiger partial charge in [0.2, 0.25) is 0 Å². The van der Waals surface area contributed by atoms with Crippen LogP contribution in [0.25, 0.3) is 12.2 Å². The van der Waals surface area contributed by atoms with Crippen LogP contribution in [-0.4, -0.2) is 17.3 Å². The van der Waals surface area contributed by atoms with Gasteiger partial charge in [-0.2, -0.15) is 4.98 Å². The third-order valence-corrected chi connectivity index (χ3v) is 2.11. The van der Waals surface area contributed by atoms with Gasteiger partial charge in [0, 0.05) is 18.9 Å². The Hall–Kier alpha value is -2.14. The molecule has 1 heterocycles. The van der Waals surface area contributed by atoms with Gasteiger partial charge in [0.1, 0.15) is 6.61 Å². The summed E-state index contributed by atoms with van der Waals surface area (Å²) < 4.78 is 9.90. The maximum absolute atomic E-state index is 5.59. The van der Waals surface area contributed by atoms with Crippen LogP contribution in [0.1, 0.15) is 17.3 Å². The largest absolute Gasteiger partial charge is 0.399 e. The maximum atomic E-state index is 5.59. The fourth-order valence-electron chi connectivity index (χ4n) is 1.30. The molecular formula is C12H13N3O2. The lowest BCUT2D eigenvalue weighted by Crippen LogP contribution is -1.89. The first-order chi connectivity index (χ1) is 8.28. The number of benzene rings is 1. The molecule has 0 amide bonds. The number of ether oxygens (including phenoxy) is 1. The summed E-state index contributed by atoms with van der Waals surface area (Å²) in [5.74, 6) is 0.985. The summed E-state index contributed by atoms with van der Waals surface area (Å²) in [6.45, 7) is 0.346. The van der Waals surface area contributed by atoms with Gasteiger partial charge in [0.15, 0.2) is 5.82 Å². The van der Waals surface area contributed by atoms with E-state index < -0.39 is 0 Å². The lowest BCUT2D eigenvalue weighted by molar-refractivity contribution is 0.174. The van der Waals surface area contributed by atoms with Crippen molar-refractivity contribution in [2.75, 3.05) is 12.8 Å². The zero-order chi connectivity index (χ0) is 12.1. The van der Waals surface area contributed by atoms with Crippen LogP contribution in [0.4, 0.5) is 5.69 Å². The maximum Gasteiger partial charge on any atom is 0.250 e. The molecule has 1 aromatic carbocycles. The van der Waals surface area contributed by atoms with Crippen LogP contribution in [0.5, 0.6) is 0 Å². The minimum atomic E-state index is 0.346. The van der Waals surface area contributed by atoms with E-state index in [0.29, 0.717) is 18.3 Å². The molecule has 0 aliphatic rings. The topological polar surface area (TPSA) is 74.2 Å². The fraction of sp³-hybridized carbons (Fsp3) is 0.167. The molecule has 2 N–H and O–H groups in total. The lowest BCUT2D eigenvalue weighted by atomic mass is 10.2. The van der Waals surface area contributed by atoms with Crippen LogP contribution in [0, 0.1) is 0 Å². The van der Waals surface area contributed by atoms with Gasteiger partial charge >= 0.3 is 0 Å². The number of anilines is 1. The second-order valence-corrected chi connectivity index (χ2v) is 3.48. The van der Waals surface area contributed by atoms with Crippen molar-refractivity contribution in [1.82, 2.24) is 10.1 Å². The molecule has 0 bridgehead atoms. The van der Waals surface area contributed by atoms with Gasteiger partial charge in [-0.1, -0.05) is 17.3 Å². The van der Waals surface area contributed by atoms with Crippen LogP contribution in [0.15, 0.2) is 28.8 Å². The van der Waals surface area contributed by atoms with Crippen LogP contribution < -0.4 is 5.73 Å². The van der Waals surface area contributed by atoms with Crippen LogP contribution in [0.3, 0.4) is 0 Å². The van der Waals surface area contributed by atoms with Crippen molar-refractivity contribution in [3.8, 4) is 0 Å². The summed E-state index contributed by atoms with van der Waals surface area (Å²) in [5.41, 5.74) is 7.35. The normalized spacial score (nSPS) is 11.1. The quantitative estimate of drug-likeness (QED) is 0.814. The van der Waals surface area contributed by atoms with E-state index in [1.54, 1.807) is 13.2 Å². The molecular weight excluding hydrogens is 218 g/mol. The monoisotopic (exact) mass is 231 g/mol. The van der Waals surface area contributed by atoms with E-state index in [1.807, 2.05) is 30.3 Å². The van der Waals surface area contributed by atoms with Crippen molar-refractivity contribution in [2.45, 2.75) is 6.61 Å². The third kappa shape index (κ3) is 3.15. The molecule has 0 aliphatic carbocycles. The lowest BCUT2D eigenvalue weighted by Gasteiger charge is -1.93. The molecule has 0 spiro atoms. The van der Waals surface area contributed by atoms with Gasteiger partial charge in [-0.25, -0.2) is 0 Å². The minimum absolute atomic E-state index is 0.346. The molecule has 2 aromatic rings. The molecule has 0 saturated carbocycles. The van der Waals surface area contributed by atoms with Crippen molar-refractivity contribution in [1.29, 1.82) is 0 Å². The average molecular weight is 231 g/mol. The molecule has 5 heteroatoms. The Balaban J connectivity index is 2.06. The summed E-state index contributed by atoms with van der Waals surface area (Å²) in [6.07, 6.45) is 3.63. The van der Waals surface area contributed by atoms with E-state index in [2.05, 4.69) is 10.1 Å². The summed E-state index contributed by atoms with van der Waals surface area (Å²) in [7, 11) is 1.58. The van der Waals surface area contributed by atoms with Crippen molar-refractivity contribution < 1.29 is 9.26 Å². The molecule has 17 heavy (non-hydrogen) atoms. The zero-order valence-corrected chi connectivity index (χ0v) is 9.46. The smallest absolute Gasteiger partial charge is 0.250 e. The molecule has 0 atom stereocenters. The van der Waals surface area contributed by atoms with Gasteiger partial charge in [0.25, 0.3) is 5.89 Å². The number of nitrogens with two attached hydrogens (primary N) is 1. The Morgan fingerprint density at radius 1 is 1.29 bits per heavy atom. The number of rotatable bonds is 4. The minimum Gasteiger partial charge on any atom is -0.399 e. The summed E-state index contributed by atoms with van der Waals surface area (Å²) in [5, 5.41) is 3.75. The van der Waals surface area contributed by atoms with Gasteiger partial charge in [-0.3, -0.25) is 0 Å². The predicted molar refractivity (Wildman–Crippen MR) is 64.8 cm³/mol. The predicted octanol–water partition coefficient (Wildman–Crippen LogP) is 1.97. The Morgan fingerprint density at radius 2 is 2.06 bits per heavy atom. The summed E-state index contributed by atoms with van der Waals surface area (Å²) in [6, 6.07) is 7.50. The highest BCUT2D eigenvalue weighted by atomic mass is 16.5. The molecule has 0 aliphatic heterocycles. The fourth-order valence-corrected chi connectivity index (χ4v) is 1.30. The zero-order valence-electron chi connectivity index (χ0n) is 9.46. The van der Waals surface area contributed by atoms with E-state index in [4.69, 9.17) is 15.0 Å². The van der Waals surface area contributed by atoms with E-state index in [0.717, 1.165) is 11.3 Å². The first kappa shape index (κ1) is 11.3. The van der Waals surface area contributed by atoms with Crippen molar-refractivity contribution in [3.05, 3.63) is 41.5 Å². The summed E-state index contributed by atoms with van der Waals surface area (Å²) >= 11 is 0. The Labute approximate surface area is 98.9 Å². The molecule has 5 nitrogen and oxygen atoms in total.